The Morgan fingerprint density at radius 3 is 2.44 bits per heavy atom. The van der Waals surface area contributed by atoms with Crippen molar-refractivity contribution in [3.63, 3.8) is 0 Å². The lowest BCUT2D eigenvalue weighted by molar-refractivity contribution is -0.175. The van der Waals surface area contributed by atoms with Gasteiger partial charge in [-0.25, -0.2) is 0 Å². The zero-order valence-corrected chi connectivity index (χ0v) is 17.0. The second-order valence-electron chi connectivity index (χ2n) is 10.2. The Labute approximate surface area is 153 Å². The summed E-state index contributed by atoms with van der Waals surface area (Å²) in [5.41, 5.74) is -1.34. The minimum Gasteiger partial charge on any atom is -0.463 e. The molecule has 2 N–H and O–H groups in total. The monoisotopic (exact) mass is 354 g/mol. The van der Waals surface area contributed by atoms with E-state index in [-0.39, 0.29) is 23.9 Å². The third kappa shape index (κ3) is 4.39. The number of carbonyl (C=O) groups excluding carboxylic acids is 1. The van der Waals surface area contributed by atoms with Crippen LogP contribution in [0.5, 0.6) is 0 Å². The number of hydrogen-bond donors (Lipinski definition) is 2. The fraction of sp³-hybridized carbons (Fsp3) is 0.952. The third-order valence-electron chi connectivity index (χ3n) is 7.32. The molecule has 4 nitrogen and oxygen atoms in total. The smallest absolute Gasteiger partial charge is 0.302 e. The van der Waals surface area contributed by atoms with Gasteiger partial charge in [-0.05, 0) is 75.0 Å². The first-order chi connectivity index (χ1) is 11.3. The molecule has 0 aromatic carbocycles. The van der Waals surface area contributed by atoms with E-state index in [0.29, 0.717) is 17.8 Å². The highest BCUT2D eigenvalue weighted by molar-refractivity contribution is 5.65. The number of fused-ring (bicyclic) bond motifs is 1. The molecule has 0 aliphatic heterocycles. The van der Waals surface area contributed by atoms with E-state index in [1.165, 1.54) is 19.8 Å². The Morgan fingerprint density at radius 1 is 1.20 bits per heavy atom. The van der Waals surface area contributed by atoms with Crippen LogP contribution in [0.2, 0.25) is 0 Å². The number of rotatable bonds is 5. The minimum atomic E-state index is -1.05. The number of carbonyl (C=O) groups is 1. The molecule has 0 saturated heterocycles. The molecule has 0 heterocycles. The number of esters is 1. The van der Waals surface area contributed by atoms with Gasteiger partial charge in [0.2, 0.25) is 0 Å². The highest BCUT2D eigenvalue weighted by atomic mass is 16.5. The summed E-state index contributed by atoms with van der Waals surface area (Å²) in [4.78, 5) is 11.0. The predicted molar refractivity (Wildman–Crippen MR) is 99.1 cm³/mol. The molecule has 0 aromatic rings. The van der Waals surface area contributed by atoms with Gasteiger partial charge in [-0.15, -0.1) is 0 Å². The molecule has 1 unspecified atom stereocenters. The first-order valence-electron chi connectivity index (χ1n) is 9.88. The van der Waals surface area contributed by atoms with E-state index < -0.39 is 11.2 Å². The molecule has 0 amide bonds. The standard InChI is InChI=1S/C21H38O4/c1-15(22)25-14-19(4,23)12-8-17-20(5)11-7-10-18(2,3)16(20)9-13-21(17,6)24/h16-17,23-24H,7-14H2,1-6H3/t16?,17-,19-,20+,21-/m1/s1. The maximum absolute atomic E-state index is 11.2. The van der Waals surface area contributed by atoms with Crippen LogP contribution in [0.1, 0.15) is 86.5 Å². The molecule has 146 valence electrons. The molecule has 2 aliphatic rings. The molecular weight excluding hydrogens is 316 g/mol. The maximum atomic E-state index is 11.2. The van der Waals surface area contributed by atoms with Gasteiger partial charge in [0.1, 0.15) is 6.61 Å². The summed E-state index contributed by atoms with van der Waals surface area (Å²) in [6.45, 7) is 12.2. The van der Waals surface area contributed by atoms with Crippen molar-refractivity contribution in [3.05, 3.63) is 0 Å². The van der Waals surface area contributed by atoms with Gasteiger partial charge in [-0.3, -0.25) is 4.79 Å². The van der Waals surface area contributed by atoms with Crippen LogP contribution in [0.4, 0.5) is 0 Å². The van der Waals surface area contributed by atoms with Crippen molar-refractivity contribution in [3.8, 4) is 0 Å². The largest absolute Gasteiger partial charge is 0.463 e. The van der Waals surface area contributed by atoms with Crippen LogP contribution >= 0.6 is 0 Å². The summed E-state index contributed by atoms with van der Waals surface area (Å²) in [6.07, 6.45) is 6.80. The van der Waals surface area contributed by atoms with Crippen molar-refractivity contribution in [2.45, 2.75) is 97.7 Å². The SMILES string of the molecule is CC(=O)OC[C@](C)(O)CC[C@@H]1[C@@]2(C)CCCC(C)(C)C2CC[C@@]1(C)O. The van der Waals surface area contributed by atoms with Crippen molar-refractivity contribution >= 4 is 5.97 Å². The van der Waals surface area contributed by atoms with Gasteiger partial charge in [-0.1, -0.05) is 27.2 Å². The molecule has 2 rings (SSSR count). The lowest BCUT2D eigenvalue weighted by atomic mass is 9.45. The van der Waals surface area contributed by atoms with E-state index in [1.54, 1.807) is 6.92 Å². The Kier molecular flexibility index (Phi) is 5.67. The molecule has 2 saturated carbocycles. The second kappa shape index (κ2) is 6.84. The van der Waals surface area contributed by atoms with Crippen LogP contribution in [0.25, 0.3) is 0 Å². The third-order valence-corrected chi connectivity index (χ3v) is 7.32. The van der Waals surface area contributed by atoms with Crippen LogP contribution in [0, 0.1) is 22.7 Å². The lowest BCUT2D eigenvalue weighted by Gasteiger charge is -2.61. The van der Waals surface area contributed by atoms with E-state index in [1.807, 2.05) is 6.92 Å². The molecular formula is C21H38O4. The van der Waals surface area contributed by atoms with Crippen molar-refractivity contribution in [2.24, 2.45) is 22.7 Å². The Bertz CT molecular complexity index is 494. The molecule has 25 heavy (non-hydrogen) atoms. The fourth-order valence-corrected chi connectivity index (χ4v) is 6.05. The summed E-state index contributed by atoms with van der Waals surface area (Å²) in [6, 6.07) is 0. The summed E-state index contributed by atoms with van der Waals surface area (Å²) < 4.78 is 5.01. The highest BCUT2D eigenvalue weighted by Crippen LogP contribution is 2.63. The molecule has 2 fully saturated rings. The average molecular weight is 355 g/mol. The van der Waals surface area contributed by atoms with E-state index in [2.05, 4.69) is 20.8 Å². The van der Waals surface area contributed by atoms with Gasteiger partial charge in [0, 0.05) is 6.92 Å². The molecule has 0 spiro atoms. The van der Waals surface area contributed by atoms with Gasteiger partial charge in [0.25, 0.3) is 0 Å². The molecule has 0 bridgehead atoms. The predicted octanol–water partition coefficient (Wildman–Crippen LogP) is 4.07. The zero-order valence-electron chi connectivity index (χ0n) is 17.0. The average Bonchev–Trinajstić information content (AvgIpc) is 2.42. The summed E-state index contributed by atoms with van der Waals surface area (Å²) in [5, 5.41) is 21.7. The van der Waals surface area contributed by atoms with Crippen LogP contribution in [-0.2, 0) is 9.53 Å². The number of ether oxygens (including phenoxy) is 1. The summed E-state index contributed by atoms with van der Waals surface area (Å²) in [7, 11) is 0. The van der Waals surface area contributed by atoms with Crippen molar-refractivity contribution < 1.29 is 19.7 Å². The second-order valence-corrected chi connectivity index (χ2v) is 10.2. The van der Waals surface area contributed by atoms with Crippen molar-refractivity contribution in [1.82, 2.24) is 0 Å². The zero-order chi connectivity index (χ0) is 19.1. The topological polar surface area (TPSA) is 66.8 Å². The van der Waals surface area contributed by atoms with Gasteiger partial charge >= 0.3 is 5.97 Å². The first-order valence-corrected chi connectivity index (χ1v) is 9.88. The van der Waals surface area contributed by atoms with Crippen LogP contribution in [-0.4, -0.2) is 34.0 Å². The van der Waals surface area contributed by atoms with Crippen molar-refractivity contribution in [1.29, 1.82) is 0 Å². The minimum absolute atomic E-state index is 0.0167. The quantitative estimate of drug-likeness (QED) is 0.730. The molecule has 0 aromatic heterocycles. The molecule has 5 atom stereocenters. The van der Waals surface area contributed by atoms with Crippen LogP contribution < -0.4 is 0 Å². The van der Waals surface area contributed by atoms with Gasteiger partial charge in [-0.2, -0.15) is 0 Å². The molecule has 0 radical (unpaired) electrons. The van der Waals surface area contributed by atoms with E-state index >= 15 is 0 Å². The highest BCUT2D eigenvalue weighted by Gasteiger charge is 2.57. The Morgan fingerprint density at radius 2 is 1.84 bits per heavy atom. The van der Waals surface area contributed by atoms with Gasteiger partial charge in [0.05, 0.1) is 11.2 Å². The van der Waals surface area contributed by atoms with E-state index in [9.17, 15) is 15.0 Å². The Hall–Kier alpha value is -0.610. The fourth-order valence-electron chi connectivity index (χ4n) is 6.05. The van der Waals surface area contributed by atoms with E-state index in [0.717, 1.165) is 25.7 Å². The first kappa shape index (κ1) is 20.7. The van der Waals surface area contributed by atoms with Crippen LogP contribution in [0.15, 0.2) is 0 Å². The van der Waals surface area contributed by atoms with Gasteiger partial charge < -0.3 is 14.9 Å². The molecule has 4 heteroatoms. The van der Waals surface area contributed by atoms with Gasteiger partial charge in [0.15, 0.2) is 0 Å². The van der Waals surface area contributed by atoms with Crippen LogP contribution in [0.3, 0.4) is 0 Å². The number of hydrogen-bond acceptors (Lipinski definition) is 4. The Balaban J connectivity index is 2.16. The normalized spacial score (nSPS) is 40.0. The van der Waals surface area contributed by atoms with Crippen molar-refractivity contribution in [2.75, 3.05) is 6.61 Å². The summed E-state index contributed by atoms with van der Waals surface area (Å²) in [5.74, 6) is 0.394. The lowest BCUT2D eigenvalue weighted by Crippen LogP contribution is -2.57. The van der Waals surface area contributed by atoms with E-state index in [4.69, 9.17) is 4.74 Å². The molecule has 2 aliphatic carbocycles. The summed E-state index contributed by atoms with van der Waals surface area (Å²) >= 11 is 0. The number of aliphatic hydroxyl groups is 2. The maximum Gasteiger partial charge on any atom is 0.302 e.